The first-order valence-electron chi connectivity index (χ1n) is 7.29. The van der Waals surface area contributed by atoms with Gasteiger partial charge in [-0.3, -0.25) is 9.59 Å². The lowest BCUT2D eigenvalue weighted by atomic mass is 9.86. The van der Waals surface area contributed by atoms with E-state index >= 15 is 0 Å². The predicted octanol–water partition coefficient (Wildman–Crippen LogP) is 2.11. The Morgan fingerprint density at radius 2 is 1.85 bits per heavy atom. The van der Waals surface area contributed by atoms with Crippen molar-refractivity contribution in [1.29, 1.82) is 0 Å². The molecule has 2 atom stereocenters. The summed E-state index contributed by atoms with van der Waals surface area (Å²) < 4.78 is 0. The topological polar surface area (TPSA) is 58.2 Å². The molecule has 0 spiro atoms. The van der Waals surface area contributed by atoms with Crippen molar-refractivity contribution in [2.45, 2.75) is 38.6 Å². The zero-order valence-corrected chi connectivity index (χ0v) is 11.9. The van der Waals surface area contributed by atoms with E-state index in [1.807, 2.05) is 6.07 Å². The van der Waals surface area contributed by atoms with Gasteiger partial charge in [-0.1, -0.05) is 38.0 Å². The second-order valence-corrected chi connectivity index (χ2v) is 5.48. The van der Waals surface area contributed by atoms with Crippen LogP contribution in [0, 0.1) is 5.92 Å². The van der Waals surface area contributed by atoms with Crippen molar-refractivity contribution < 1.29 is 9.59 Å². The lowest BCUT2D eigenvalue weighted by Gasteiger charge is -2.29. The average Bonchev–Trinajstić information content (AvgIpc) is 2.48. The fraction of sp³-hybridized carbons (Fsp3) is 0.500. The third-order valence-electron chi connectivity index (χ3n) is 3.90. The van der Waals surface area contributed by atoms with Gasteiger partial charge in [-0.15, -0.1) is 0 Å². The molecule has 1 aliphatic carbocycles. The van der Waals surface area contributed by atoms with Crippen molar-refractivity contribution in [3.8, 4) is 0 Å². The normalized spacial score (nSPS) is 22.1. The molecule has 1 aliphatic rings. The molecule has 2 rings (SSSR count). The lowest BCUT2D eigenvalue weighted by Crippen LogP contribution is -2.45. The Morgan fingerprint density at radius 3 is 2.55 bits per heavy atom. The zero-order valence-electron chi connectivity index (χ0n) is 11.9. The van der Waals surface area contributed by atoms with Gasteiger partial charge in [-0.2, -0.15) is 0 Å². The molecule has 0 aliphatic heterocycles. The first-order valence-corrected chi connectivity index (χ1v) is 7.29. The van der Waals surface area contributed by atoms with Crippen LogP contribution in [0.25, 0.3) is 0 Å². The number of amides is 2. The Morgan fingerprint density at radius 1 is 1.15 bits per heavy atom. The lowest BCUT2D eigenvalue weighted by molar-refractivity contribution is -0.121. The van der Waals surface area contributed by atoms with Crippen LogP contribution in [0.1, 0.15) is 43.0 Å². The molecule has 1 aromatic carbocycles. The Balaban J connectivity index is 1.76. The third kappa shape index (κ3) is 4.08. The van der Waals surface area contributed by atoms with Gasteiger partial charge in [0.2, 0.25) is 5.91 Å². The highest BCUT2D eigenvalue weighted by atomic mass is 16.2. The van der Waals surface area contributed by atoms with Crippen molar-refractivity contribution in [3.05, 3.63) is 35.9 Å². The summed E-state index contributed by atoms with van der Waals surface area (Å²) in [6, 6.07) is 9.18. The number of hydrogen-bond acceptors (Lipinski definition) is 2. The molecular formula is C16H22N2O2. The van der Waals surface area contributed by atoms with E-state index in [1.165, 1.54) is 19.3 Å². The Bertz CT molecular complexity index is 459. The maximum absolute atomic E-state index is 11.9. The molecule has 2 amide bonds. The fourth-order valence-electron chi connectivity index (χ4n) is 2.64. The van der Waals surface area contributed by atoms with Crippen molar-refractivity contribution >= 4 is 11.8 Å². The summed E-state index contributed by atoms with van der Waals surface area (Å²) >= 11 is 0. The van der Waals surface area contributed by atoms with Gasteiger partial charge < -0.3 is 10.6 Å². The average molecular weight is 274 g/mol. The van der Waals surface area contributed by atoms with Crippen LogP contribution in [0.3, 0.4) is 0 Å². The highest BCUT2D eigenvalue weighted by molar-refractivity contribution is 5.96. The summed E-state index contributed by atoms with van der Waals surface area (Å²) in [7, 11) is 0. The van der Waals surface area contributed by atoms with E-state index in [1.54, 1.807) is 24.3 Å². The summed E-state index contributed by atoms with van der Waals surface area (Å²) in [5.74, 6) is 0.211. The maximum Gasteiger partial charge on any atom is 0.251 e. The van der Waals surface area contributed by atoms with E-state index < -0.39 is 0 Å². The van der Waals surface area contributed by atoms with E-state index in [0.717, 1.165) is 6.42 Å². The van der Waals surface area contributed by atoms with Gasteiger partial charge in [0.15, 0.2) is 0 Å². The quantitative estimate of drug-likeness (QED) is 0.883. The summed E-state index contributed by atoms with van der Waals surface area (Å²) in [6.07, 6.45) is 4.63. The zero-order chi connectivity index (χ0) is 14.4. The molecule has 0 radical (unpaired) electrons. The molecule has 4 nitrogen and oxygen atoms in total. The number of hydrogen-bond donors (Lipinski definition) is 2. The van der Waals surface area contributed by atoms with E-state index in [2.05, 4.69) is 17.6 Å². The maximum atomic E-state index is 11.9. The third-order valence-corrected chi connectivity index (χ3v) is 3.90. The number of carbonyl (C=O) groups is 2. The number of nitrogens with one attached hydrogen (secondary N) is 2. The second kappa shape index (κ2) is 7.08. The minimum absolute atomic E-state index is 0.0386. The van der Waals surface area contributed by atoms with Crippen LogP contribution >= 0.6 is 0 Å². The SMILES string of the molecule is C[C@@H]1CCCC[C@@H]1NC(=O)CNC(=O)c1ccccc1. The highest BCUT2D eigenvalue weighted by Gasteiger charge is 2.22. The molecule has 0 saturated heterocycles. The first kappa shape index (κ1) is 14.6. The standard InChI is InChI=1S/C16H22N2O2/c1-12-7-5-6-10-14(12)18-15(19)11-17-16(20)13-8-3-2-4-9-13/h2-4,8-9,12,14H,5-7,10-11H2,1H3,(H,17,20)(H,18,19)/t12-,14+/m1/s1. The minimum Gasteiger partial charge on any atom is -0.352 e. The van der Waals surface area contributed by atoms with Crippen LogP contribution < -0.4 is 10.6 Å². The van der Waals surface area contributed by atoms with Gasteiger partial charge in [-0.25, -0.2) is 0 Å². The molecule has 4 heteroatoms. The van der Waals surface area contributed by atoms with Crippen LogP contribution in [-0.4, -0.2) is 24.4 Å². The largest absolute Gasteiger partial charge is 0.352 e. The van der Waals surface area contributed by atoms with Crippen molar-refractivity contribution in [1.82, 2.24) is 10.6 Å². The molecule has 0 aromatic heterocycles. The monoisotopic (exact) mass is 274 g/mol. The van der Waals surface area contributed by atoms with Crippen LogP contribution in [0.5, 0.6) is 0 Å². The first-order chi connectivity index (χ1) is 9.66. The number of carbonyl (C=O) groups excluding carboxylic acids is 2. The Hall–Kier alpha value is -1.84. The van der Waals surface area contributed by atoms with Crippen LogP contribution in [0.4, 0.5) is 0 Å². The Labute approximate surface area is 119 Å². The van der Waals surface area contributed by atoms with Gasteiger partial charge >= 0.3 is 0 Å². The number of rotatable bonds is 4. The van der Waals surface area contributed by atoms with E-state index in [-0.39, 0.29) is 24.4 Å². The molecule has 1 saturated carbocycles. The van der Waals surface area contributed by atoms with Crippen molar-refractivity contribution in [3.63, 3.8) is 0 Å². The van der Waals surface area contributed by atoms with E-state index in [0.29, 0.717) is 11.5 Å². The second-order valence-electron chi connectivity index (χ2n) is 5.48. The molecule has 2 N–H and O–H groups in total. The molecule has 1 fully saturated rings. The van der Waals surface area contributed by atoms with Crippen LogP contribution in [0.15, 0.2) is 30.3 Å². The summed E-state index contributed by atoms with van der Waals surface area (Å²) in [5, 5.41) is 5.67. The van der Waals surface area contributed by atoms with Gasteiger partial charge in [0.25, 0.3) is 5.91 Å². The molecule has 0 heterocycles. The van der Waals surface area contributed by atoms with Gasteiger partial charge in [0.1, 0.15) is 0 Å². The van der Waals surface area contributed by atoms with Gasteiger partial charge in [-0.05, 0) is 30.9 Å². The molecule has 1 aromatic rings. The van der Waals surface area contributed by atoms with Crippen LogP contribution in [0.2, 0.25) is 0 Å². The minimum atomic E-state index is -0.211. The Kier molecular flexibility index (Phi) is 5.16. The fourth-order valence-corrected chi connectivity index (χ4v) is 2.64. The molecular weight excluding hydrogens is 252 g/mol. The van der Waals surface area contributed by atoms with Crippen molar-refractivity contribution in [2.75, 3.05) is 6.54 Å². The number of benzene rings is 1. The smallest absolute Gasteiger partial charge is 0.251 e. The summed E-state index contributed by atoms with van der Waals surface area (Å²) in [5.41, 5.74) is 0.575. The van der Waals surface area contributed by atoms with Gasteiger partial charge in [0.05, 0.1) is 6.54 Å². The molecule has 0 bridgehead atoms. The predicted molar refractivity (Wildman–Crippen MR) is 78.3 cm³/mol. The summed E-state index contributed by atoms with van der Waals surface area (Å²) in [4.78, 5) is 23.7. The molecule has 108 valence electrons. The van der Waals surface area contributed by atoms with Gasteiger partial charge in [0, 0.05) is 11.6 Å². The van der Waals surface area contributed by atoms with E-state index in [4.69, 9.17) is 0 Å². The van der Waals surface area contributed by atoms with Crippen molar-refractivity contribution in [2.24, 2.45) is 5.92 Å². The van der Waals surface area contributed by atoms with Crippen LogP contribution in [-0.2, 0) is 4.79 Å². The highest BCUT2D eigenvalue weighted by Crippen LogP contribution is 2.23. The van der Waals surface area contributed by atoms with E-state index in [9.17, 15) is 9.59 Å². The molecule has 20 heavy (non-hydrogen) atoms. The molecule has 0 unspecified atom stereocenters. The summed E-state index contributed by atoms with van der Waals surface area (Å²) in [6.45, 7) is 2.21.